The zero-order valence-electron chi connectivity index (χ0n) is 12.5. The summed E-state index contributed by atoms with van der Waals surface area (Å²) < 4.78 is 5.41. The Morgan fingerprint density at radius 3 is 3.14 bits per heavy atom. The summed E-state index contributed by atoms with van der Waals surface area (Å²) in [4.78, 5) is 7.17. The van der Waals surface area contributed by atoms with Crippen LogP contribution in [0, 0.1) is 0 Å². The molecule has 1 aliphatic rings. The molecule has 2 aromatic heterocycles. The van der Waals surface area contributed by atoms with Crippen LogP contribution >= 0.6 is 11.3 Å². The van der Waals surface area contributed by atoms with Gasteiger partial charge < -0.3 is 9.73 Å². The number of nitrogens with one attached hydrogen (secondary N) is 1. The fourth-order valence-electron chi connectivity index (χ4n) is 2.82. The molecule has 0 aromatic carbocycles. The van der Waals surface area contributed by atoms with E-state index in [1.165, 1.54) is 25.8 Å². The van der Waals surface area contributed by atoms with Gasteiger partial charge in [0, 0.05) is 24.5 Å². The van der Waals surface area contributed by atoms with Crippen LogP contribution < -0.4 is 5.32 Å². The van der Waals surface area contributed by atoms with E-state index in [0.717, 1.165) is 36.1 Å². The Kier molecular flexibility index (Phi) is 5.06. The SMILES string of the molecule is CCN(Cc1csc(-c2ccco2)n1)CC1CCCCN1. The van der Waals surface area contributed by atoms with Crippen LogP contribution in [-0.4, -0.2) is 35.6 Å². The van der Waals surface area contributed by atoms with E-state index in [1.54, 1.807) is 17.6 Å². The van der Waals surface area contributed by atoms with Crippen molar-refractivity contribution in [2.24, 2.45) is 0 Å². The summed E-state index contributed by atoms with van der Waals surface area (Å²) in [5, 5.41) is 6.74. The van der Waals surface area contributed by atoms with Crippen molar-refractivity contribution in [3.05, 3.63) is 29.5 Å². The topological polar surface area (TPSA) is 41.3 Å². The Labute approximate surface area is 130 Å². The van der Waals surface area contributed by atoms with E-state index in [0.29, 0.717) is 6.04 Å². The lowest BCUT2D eigenvalue weighted by Gasteiger charge is -2.29. The summed E-state index contributed by atoms with van der Waals surface area (Å²) in [7, 11) is 0. The van der Waals surface area contributed by atoms with Gasteiger partial charge in [0.25, 0.3) is 0 Å². The van der Waals surface area contributed by atoms with Gasteiger partial charge in [0.1, 0.15) is 0 Å². The number of likely N-dealkylation sites (N-methyl/N-ethyl adjacent to an activating group) is 1. The summed E-state index contributed by atoms with van der Waals surface area (Å²) in [5.41, 5.74) is 1.14. The second-order valence-corrected chi connectivity index (χ2v) is 6.45. The summed E-state index contributed by atoms with van der Waals surface area (Å²) in [6, 6.07) is 4.51. The van der Waals surface area contributed by atoms with E-state index in [1.807, 2.05) is 12.1 Å². The molecular weight excluding hydrogens is 282 g/mol. The van der Waals surface area contributed by atoms with Crippen molar-refractivity contribution in [2.45, 2.75) is 38.8 Å². The minimum atomic E-state index is 0.641. The molecule has 1 fully saturated rings. The molecule has 0 amide bonds. The van der Waals surface area contributed by atoms with E-state index in [-0.39, 0.29) is 0 Å². The summed E-state index contributed by atoms with van der Waals surface area (Å²) in [6.45, 7) is 6.49. The van der Waals surface area contributed by atoms with E-state index < -0.39 is 0 Å². The third kappa shape index (κ3) is 3.93. The molecule has 0 spiro atoms. The van der Waals surface area contributed by atoms with Crippen LogP contribution in [0.25, 0.3) is 10.8 Å². The average Bonchev–Trinajstić information content (AvgIpc) is 3.18. The van der Waals surface area contributed by atoms with Crippen molar-refractivity contribution in [1.82, 2.24) is 15.2 Å². The van der Waals surface area contributed by atoms with Gasteiger partial charge in [-0.15, -0.1) is 11.3 Å². The predicted molar refractivity (Wildman–Crippen MR) is 86.4 cm³/mol. The smallest absolute Gasteiger partial charge is 0.162 e. The molecule has 2 aromatic rings. The van der Waals surface area contributed by atoms with E-state index in [4.69, 9.17) is 9.40 Å². The van der Waals surface area contributed by atoms with E-state index in [9.17, 15) is 0 Å². The number of hydrogen-bond acceptors (Lipinski definition) is 5. The van der Waals surface area contributed by atoms with Crippen LogP contribution in [0.3, 0.4) is 0 Å². The maximum atomic E-state index is 5.41. The van der Waals surface area contributed by atoms with Crippen molar-refractivity contribution in [1.29, 1.82) is 0 Å². The lowest BCUT2D eigenvalue weighted by molar-refractivity contribution is 0.224. The van der Waals surface area contributed by atoms with Gasteiger partial charge in [0.15, 0.2) is 10.8 Å². The molecule has 0 aliphatic carbocycles. The lowest BCUT2D eigenvalue weighted by atomic mass is 10.0. The summed E-state index contributed by atoms with van der Waals surface area (Å²) in [6.07, 6.45) is 5.67. The van der Waals surface area contributed by atoms with Gasteiger partial charge >= 0.3 is 0 Å². The molecule has 4 nitrogen and oxygen atoms in total. The molecule has 1 N–H and O–H groups in total. The molecule has 3 rings (SSSR count). The number of nitrogens with zero attached hydrogens (tertiary/aromatic N) is 2. The minimum Gasteiger partial charge on any atom is -0.462 e. The molecular formula is C16H23N3OS. The number of furan rings is 1. The standard InChI is InChI=1S/C16H23N3OS/c1-2-19(10-13-6-3-4-8-17-13)11-14-12-21-16(18-14)15-7-5-9-20-15/h5,7,9,12-13,17H,2-4,6,8,10-11H2,1H3. The van der Waals surface area contributed by atoms with Gasteiger partial charge in [-0.2, -0.15) is 0 Å². The Hall–Kier alpha value is -1.17. The van der Waals surface area contributed by atoms with Crippen LogP contribution in [0.1, 0.15) is 31.9 Å². The highest BCUT2D eigenvalue weighted by molar-refractivity contribution is 7.13. The minimum absolute atomic E-state index is 0.641. The first-order valence-electron chi connectivity index (χ1n) is 7.79. The van der Waals surface area contributed by atoms with Crippen molar-refractivity contribution in [3.8, 4) is 10.8 Å². The second kappa shape index (κ2) is 7.20. The summed E-state index contributed by atoms with van der Waals surface area (Å²) in [5.74, 6) is 0.864. The van der Waals surface area contributed by atoms with Crippen LogP contribution in [0.5, 0.6) is 0 Å². The Bertz CT molecular complexity index is 531. The van der Waals surface area contributed by atoms with Crippen LogP contribution in [0.4, 0.5) is 0 Å². The third-order valence-electron chi connectivity index (χ3n) is 4.01. The van der Waals surface area contributed by atoms with Gasteiger partial charge in [-0.05, 0) is 38.1 Å². The molecule has 0 bridgehead atoms. The normalized spacial score (nSPS) is 19.2. The third-order valence-corrected chi connectivity index (χ3v) is 4.91. The first-order valence-corrected chi connectivity index (χ1v) is 8.67. The molecule has 3 heterocycles. The fraction of sp³-hybridized carbons (Fsp3) is 0.562. The molecule has 1 aliphatic heterocycles. The van der Waals surface area contributed by atoms with Gasteiger partial charge in [-0.25, -0.2) is 4.98 Å². The average molecular weight is 305 g/mol. The van der Waals surface area contributed by atoms with Crippen LogP contribution in [0.2, 0.25) is 0 Å². The highest BCUT2D eigenvalue weighted by atomic mass is 32.1. The maximum absolute atomic E-state index is 5.41. The molecule has 21 heavy (non-hydrogen) atoms. The van der Waals surface area contributed by atoms with E-state index in [2.05, 4.69) is 22.5 Å². The molecule has 5 heteroatoms. The lowest BCUT2D eigenvalue weighted by Crippen LogP contribution is -2.43. The Morgan fingerprint density at radius 1 is 1.48 bits per heavy atom. The highest BCUT2D eigenvalue weighted by Gasteiger charge is 2.17. The highest BCUT2D eigenvalue weighted by Crippen LogP contribution is 2.24. The second-order valence-electron chi connectivity index (χ2n) is 5.60. The molecule has 114 valence electrons. The zero-order chi connectivity index (χ0) is 14.5. The fourth-order valence-corrected chi connectivity index (χ4v) is 3.60. The molecule has 1 saturated heterocycles. The van der Waals surface area contributed by atoms with E-state index >= 15 is 0 Å². The van der Waals surface area contributed by atoms with Crippen molar-refractivity contribution >= 4 is 11.3 Å². The zero-order valence-corrected chi connectivity index (χ0v) is 13.4. The number of piperidine rings is 1. The predicted octanol–water partition coefficient (Wildman–Crippen LogP) is 3.37. The Balaban J connectivity index is 1.58. The quantitative estimate of drug-likeness (QED) is 0.888. The molecule has 0 saturated carbocycles. The monoisotopic (exact) mass is 305 g/mol. The van der Waals surface area contributed by atoms with Gasteiger partial charge in [0.05, 0.1) is 12.0 Å². The molecule has 1 unspecified atom stereocenters. The molecule has 0 radical (unpaired) electrons. The van der Waals surface area contributed by atoms with Gasteiger partial charge in [-0.1, -0.05) is 13.3 Å². The van der Waals surface area contributed by atoms with Crippen LogP contribution in [0.15, 0.2) is 28.2 Å². The van der Waals surface area contributed by atoms with Crippen LogP contribution in [-0.2, 0) is 6.54 Å². The molecule has 1 atom stereocenters. The number of rotatable bonds is 6. The number of thiazole rings is 1. The van der Waals surface area contributed by atoms with Crippen molar-refractivity contribution < 1.29 is 4.42 Å². The largest absolute Gasteiger partial charge is 0.462 e. The first-order chi connectivity index (χ1) is 10.3. The van der Waals surface area contributed by atoms with Crippen molar-refractivity contribution in [3.63, 3.8) is 0 Å². The van der Waals surface area contributed by atoms with Crippen molar-refractivity contribution in [2.75, 3.05) is 19.6 Å². The Morgan fingerprint density at radius 2 is 2.43 bits per heavy atom. The number of aromatic nitrogens is 1. The first kappa shape index (κ1) is 14.8. The van der Waals surface area contributed by atoms with Gasteiger partial charge in [-0.3, -0.25) is 4.90 Å². The van der Waals surface area contributed by atoms with Gasteiger partial charge in [0.2, 0.25) is 0 Å². The maximum Gasteiger partial charge on any atom is 0.162 e. The number of hydrogen-bond donors (Lipinski definition) is 1. The summed E-state index contributed by atoms with van der Waals surface area (Å²) >= 11 is 1.66.